The van der Waals surface area contributed by atoms with E-state index in [2.05, 4.69) is 0 Å². The summed E-state index contributed by atoms with van der Waals surface area (Å²) in [6, 6.07) is 11.5. The van der Waals surface area contributed by atoms with Gasteiger partial charge in [0.15, 0.2) is 0 Å². The number of aryl methyl sites for hydroxylation is 1. The van der Waals surface area contributed by atoms with Crippen molar-refractivity contribution in [3.05, 3.63) is 52.9 Å². The number of anilines is 1. The topological polar surface area (TPSA) is 48.0 Å². The number of nitrogens with zero attached hydrogens (tertiary/aromatic N) is 1. The van der Waals surface area contributed by atoms with Crippen LogP contribution < -0.4 is 11.3 Å². The van der Waals surface area contributed by atoms with Crippen molar-refractivity contribution in [2.75, 3.05) is 5.73 Å². The van der Waals surface area contributed by atoms with Crippen LogP contribution in [0, 0.1) is 0 Å². The molecule has 0 aliphatic heterocycles. The lowest BCUT2D eigenvalue weighted by molar-refractivity contribution is 0.866. The molecule has 0 bridgehead atoms. The van der Waals surface area contributed by atoms with Crippen molar-refractivity contribution < 1.29 is 0 Å². The average Bonchev–Trinajstić information content (AvgIpc) is 2.26. The zero-order valence-corrected chi connectivity index (χ0v) is 8.47. The van der Waals surface area contributed by atoms with E-state index in [1.807, 2.05) is 30.3 Å². The molecule has 2 rings (SSSR count). The van der Waals surface area contributed by atoms with Gasteiger partial charge in [-0.2, -0.15) is 0 Å². The molecule has 0 fully saturated rings. The van der Waals surface area contributed by atoms with E-state index in [-0.39, 0.29) is 11.2 Å². The summed E-state index contributed by atoms with van der Waals surface area (Å²) >= 11 is 0. The molecule has 0 saturated heterocycles. The zero-order valence-electron chi connectivity index (χ0n) is 8.47. The minimum absolute atomic E-state index is 0.158. The van der Waals surface area contributed by atoms with Gasteiger partial charge in [0.1, 0.15) is 0 Å². The van der Waals surface area contributed by atoms with Crippen LogP contribution in [0.1, 0.15) is 0 Å². The van der Waals surface area contributed by atoms with E-state index in [0.717, 1.165) is 11.1 Å². The van der Waals surface area contributed by atoms with Crippen LogP contribution in [0.3, 0.4) is 0 Å². The van der Waals surface area contributed by atoms with Gasteiger partial charge < -0.3 is 10.3 Å². The SMILES string of the molecule is Cn1cc(-c2ccccc2)cc(N)c1=O. The van der Waals surface area contributed by atoms with Crippen LogP contribution in [-0.2, 0) is 7.05 Å². The fourth-order valence-corrected chi connectivity index (χ4v) is 1.53. The molecule has 1 aromatic heterocycles. The van der Waals surface area contributed by atoms with Gasteiger partial charge >= 0.3 is 0 Å². The summed E-state index contributed by atoms with van der Waals surface area (Å²) in [5, 5.41) is 0. The van der Waals surface area contributed by atoms with E-state index in [4.69, 9.17) is 5.73 Å². The number of nitrogen functional groups attached to an aromatic ring is 1. The Morgan fingerprint density at radius 2 is 1.80 bits per heavy atom. The Hall–Kier alpha value is -2.03. The van der Waals surface area contributed by atoms with Crippen LogP contribution in [0.2, 0.25) is 0 Å². The Labute approximate surface area is 87.8 Å². The molecular weight excluding hydrogens is 188 g/mol. The fraction of sp³-hybridized carbons (Fsp3) is 0.0833. The Morgan fingerprint density at radius 3 is 2.40 bits per heavy atom. The maximum Gasteiger partial charge on any atom is 0.273 e. The number of hydrogen-bond acceptors (Lipinski definition) is 2. The molecule has 0 saturated carbocycles. The second kappa shape index (κ2) is 3.61. The van der Waals surface area contributed by atoms with Crippen molar-refractivity contribution in [2.45, 2.75) is 0 Å². The predicted octanol–water partition coefficient (Wildman–Crippen LogP) is 1.63. The van der Waals surface area contributed by atoms with E-state index < -0.39 is 0 Å². The normalized spacial score (nSPS) is 10.2. The number of aromatic nitrogens is 1. The number of nitrogens with two attached hydrogens (primary N) is 1. The van der Waals surface area contributed by atoms with E-state index in [0.29, 0.717) is 0 Å². The standard InChI is InChI=1S/C12H12N2O/c1-14-8-10(7-11(13)12(14)15)9-5-3-2-4-6-9/h2-8H,13H2,1H3. The molecule has 15 heavy (non-hydrogen) atoms. The lowest BCUT2D eigenvalue weighted by atomic mass is 10.1. The summed E-state index contributed by atoms with van der Waals surface area (Å²) in [5.74, 6) is 0. The maximum absolute atomic E-state index is 11.4. The molecule has 76 valence electrons. The first-order valence-electron chi connectivity index (χ1n) is 4.70. The minimum Gasteiger partial charge on any atom is -0.394 e. The van der Waals surface area contributed by atoms with Crippen molar-refractivity contribution in [1.29, 1.82) is 0 Å². The summed E-state index contributed by atoms with van der Waals surface area (Å²) in [7, 11) is 1.70. The van der Waals surface area contributed by atoms with Crippen molar-refractivity contribution >= 4 is 5.69 Å². The first-order chi connectivity index (χ1) is 7.18. The molecule has 0 atom stereocenters. The van der Waals surface area contributed by atoms with Crippen molar-refractivity contribution in [3.63, 3.8) is 0 Å². The lowest BCUT2D eigenvalue weighted by Gasteiger charge is -2.05. The molecule has 3 nitrogen and oxygen atoms in total. The Balaban J connectivity index is 2.61. The third kappa shape index (κ3) is 1.76. The van der Waals surface area contributed by atoms with Gasteiger partial charge in [-0.15, -0.1) is 0 Å². The van der Waals surface area contributed by atoms with Gasteiger partial charge in [-0.3, -0.25) is 4.79 Å². The van der Waals surface area contributed by atoms with Crippen LogP contribution in [0.5, 0.6) is 0 Å². The van der Waals surface area contributed by atoms with Crippen molar-refractivity contribution in [2.24, 2.45) is 7.05 Å². The van der Waals surface area contributed by atoms with E-state index >= 15 is 0 Å². The van der Waals surface area contributed by atoms with Gasteiger partial charge in [-0.25, -0.2) is 0 Å². The third-order valence-corrected chi connectivity index (χ3v) is 2.32. The summed E-state index contributed by atoms with van der Waals surface area (Å²) in [6.07, 6.45) is 1.79. The highest BCUT2D eigenvalue weighted by atomic mass is 16.1. The number of pyridine rings is 1. The second-order valence-electron chi connectivity index (χ2n) is 3.47. The molecule has 2 N–H and O–H groups in total. The quantitative estimate of drug-likeness (QED) is 0.760. The molecule has 0 aliphatic carbocycles. The molecule has 0 spiro atoms. The predicted molar refractivity (Wildman–Crippen MR) is 61.5 cm³/mol. The Kier molecular flexibility index (Phi) is 2.29. The summed E-state index contributed by atoms with van der Waals surface area (Å²) in [5.41, 5.74) is 7.75. The molecule has 2 aromatic rings. The van der Waals surface area contributed by atoms with Crippen molar-refractivity contribution in [3.8, 4) is 11.1 Å². The van der Waals surface area contributed by atoms with E-state index in [9.17, 15) is 4.79 Å². The smallest absolute Gasteiger partial charge is 0.273 e. The second-order valence-corrected chi connectivity index (χ2v) is 3.47. The van der Waals surface area contributed by atoms with Gasteiger partial charge in [0.25, 0.3) is 5.56 Å². The Morgan fingerprint density at radius 1 is 1.13 bits per heavy atom. The van der Waals surface area contributed by atoms with Gasteiger partial charge in [0.2, 0.25) is 0 Å². The highest BCUT2D eigenvalue weighted by molar-refractivity contribution is 5.65. The molecule has 1 aromatic carbocycles. The van der Waals surface area contributed by atoms with Crippen LogP contribution in [0.25, 0.3) is 11.1 Å². The highest BCUT2D eigenvalue weighted by Gasteiger charge is 2.02. The minimum atomic E-state index is -0.158. The summed E-state index contributed by atoms with van der Waals surface area (Å²) < 4.78 is 1.50. The van der Waals surface area contributed by atoms with E-state index in [1.165, 1.54) is 4.57 Å². The lowest BCUT2D eigenvalue weighted by Crippen LogP contribution is -2.19. The van der Waals surface area contributed by atoms with Crippen LogP contribution in [-0.4, -0.2) is 4.57 Å². The van der Waals surface area contributed by atoms with Gasteiger partial charge in [-0.1, -0.05) is 30.3 Å². The molecule has 1 heterocycles. The third-order valence-electron chi connectivity index (χ3n) is 2.32. The summed E-state index contributed by atoms with van der Waals surface area (Å²) in [4.78, 5) is 11.4. The highest BCUT2D eigenvalue weighted by Crippen LogP contribution is 2.18. The molecule has 3 heteroatoms. The molecular formula is C12H12N2O. The monoisotopic (exact) mass is 200 g/mol. The number of hydrogen-bond donors (Lipinski definition) is 1. The zero-order chi connectivity index (χ0) is 10.8. The molecule has 0 amide bonds. The van der Waals surface area contributed by atoms with Gasteiger partial charge in [0.05, 0.1) is 5.69 Å². The largest absolute Gasteiger partial charge is 0.394 e. The summed E-state index contributed by atoms with van der Waals surface area (Å²) in [6.45, 7) is 0. The van der Waals surface area contributed by atoms with Crippen LogP contribution in [0.4, 0.5) is 5.69 Å². The van der Waals surface area contributed by atoms with Gasteiger partial charge in [0, 0.05) is 18.8 Å². The maximum atomic E-state index is 11.4. The average molecular weight is 200 g/mol. The molecule has 0 radical (unpaired) electrons. The van der Waals surface area contributed by atoms with Crippen molar-refractivity contribution in [1.82, 2.24) is 4.57 Å². The molecule has 0 unspecified atom stereocenters. The van der Waals surface area contributed by atoms with Crippen LogP contribution >= 0.6 is 0 Å². The molecule has 0 aliphatic rings. The Bertz CT molecular complexity index is 503. The first-order valence-corrected chi connectivity index (χ1v) is 4.70. The first kappa shape index (κ1) is 9.52. The van der Waals surface area contributed by atoms with Crippen LogP contribution in [0.15, 0.2) is 47.4 Å². The van der Waals surface area contributed by atoms with Gasteiger partial charge in [-0.05, 0) is 11.6 Å². The fourth-order valence-electron chi connectivity index (χ4n) is 1.53. The number of rotatable bonds is 1. The number of benzene rings is 1. The van der Waals surface area contributed by atoms with E-state index in [1.54, 1.807) is 19.3 Å².